The summed E-state index contributed by atoms with van der Waals surface area (Å²) in [7, 11) is 0. The zero-order valence-corrected chi connectivity index (χ0v) is 25.6. The third kappa shape index (κ3) is 7.55. The van der Waals surface area contributed by atoms with Gasteiger partial charge in [0, 0.05) is 40.9 Å². The Morgan fingerprint density at radius 2 is 1.85 bits per heavy atom. The predicted molar refractivity (Wildman–Crippen MR) is 164 cm³/mol. The zero-order valence-electron chi connectivity index (χ0n) is 24.0. The number of unbranched alkanes of at least 4 members (excludes halogenated alkanes) is 6. The number of nitrogens with zero attached hydrogens (tertiary/aromatic N) is 4. The van der Waals surface area contributed by atoms with Gasteiger partial charge in [-0.2, -0.15) is 0 Å². The molecule has 3 aromatic rings. The molecule has 0 fully saturated rings. The van der Waals surface area contributed by atoms with Crippen LogP contribution in [-0.4, -0.2) is 39.3 Å². The normalized spacial score (nSPS) is 13.7. The van der Waals surface area contributed by atoms with Gasteiger partial charge in [-0.3, -0.25) is 14.5 Å². The number of rotatable bonds is 13. The van der Waals surface area contributed by atoms with Crippen LogP contribution in [-0.2, 0) is 17.6 Å². The monoisotopic (exact) mass is 587 g/mol. The third-order valence-corrected chi connectivity index (χ3v) is 8.53. The molecule has 4 rings (SSSR count). The second-order valence-corrected chi connectivity index (χ2v) is 12.0. The highest BCUT2D eigenvalue weighted by Crippen LogP contribution is 2.34. The fourth-order valence-electron chi connectivity index (χ4n) is 5.30. The van der Waals surface area contributed by atoms with E-state index in [4.69, 9.17) is 21.3 Å². The standard InChI is InChI=1S/C30H42ClN5O3S/c1-4-39-30(38)36-29(37)35(21(2)3)28(40-36)33-19-13-9-7-5-6-8-12-18-32-27-23-14-10-11-15-25(23)34-26-20-22(31)16-17-24(26)27/h16-17,20-21H,4-15,18-19H2,1-3H3,(H,32,34). The van der Waals surface area contributed by atoms with Crippen molar-refractivity contribution >= 4 is 45.8 Å². The molecule has 10 heteroatoms. The van der Waals surface area contributed by atoms with Crippen molar-refractivity contribution in [1.29, 1.82) is 0 Å². The van der Waals surface area contributed by atoms with E-state index in [0.717, 1.165) is 64.7 Å². The van der Waals surface area contributed by atoms with Crippen molar-refractivity contribution in [2.24, 2.45) is 4.99 Å². The summed E-state index contributed by atoms with van der Waals surface area (Å²) < 4.78 is 7.61. The van der Waals surface area contributed by atoms with Crippen LogP contribution in [0.2, 0.25) is 5.02 Å². The summed E-state index contributed by atoms with van der Waals surface area (Å²) in [4.78, 5) is 34.8. The molecule has 0 spiro atoms. The van der Waals surface area contributed by atoms with Crippen LogP contribution >= 0.6 is 23.1 Å². The van der Waals surface area contributed by atoms with Crippen LogP contribution < -0.4 is 15.8 Å². The van der Waals surface area contributed by atoms with E-state index in [-0.39, 0.29) is 18.3 Å². The van der Waals surface area contributed by atoms with E-state index in [1.807, 2.05) is 26.0 Å². The summed E-state index contributed by atoms with van der Waals surface area (Å²) in [6.45, 7) is 7.41. The van der Waals surface area contributed by atoms with E-state index in [2.05, 4.69) is 16.4 Å². The van der Waals surface area contributed by atoms with E-state index in [1.165, 1.54) is 60.9 Å². The number of halogens is 1. The van der Waals surface area contributed by atoms with Gasteiger partial charge in [-0.05, 0) is 94.6 Å². The molecule has 0 radical (unpaired) electrons. The summed E-state index contributed by atoms with van der Waals surface area (Å²) in [5.41, 5.74) is 4.51. The quantitative estimate of drug-likeness (QED) is 0.215. The Morgan fingerprint density at radius 3 is 2.60 bits per heavy atom. The average molecular weight is 588 g/mol. The number of carbonyl (C=O) groups is 1. The van der Waals surface area contributed by atoms with Crippen LogP contribution in [0.25, 0.3) is 10.9 Å². The highest BCUT2D eigenvalue weighted by molar-refractivity contribution is 7.04. The van der Waals surface area contributed by atoms with Crippen molar-refractivity contribution in [3.05, 3.63) is 49.8 Å². The molecular weight excluding hydrogens is 546 g/mol. The molecule has 0 saturated heterocycles. The van der Waals surface area contributed by atoms with Crippen molar-refractivity contribution in [2.45, 2.75) is 97.4 Å². The molecule has 218 valence electrons. The fourth-order valence-corrected chi connectivity index (χ4v) is 6.45. The van der Waals surface area contributed by atoms with Gasteiger partial charge in [0.2, 0.25) is 4.80 Å². The zero-order chi connectivity index (χ0) is 28.5. The maximum absolute atomic E-state index is 12.6. The van der Waals surface area contributed by atoms with E-state index < -0.39 is 6.09 Å². The Labute approximate surface area is 245 Å². The Balaban J connectivity index is 1.18. The van der Waals surface area contributed by atoms with E-state index in [9.17, 15) is 9.59 Å². The summed E-state index contributed by atoms with van der Waals surface area (Å²) in [6.07, 6.45) is 12.0. The number of hydrogen-bond donors (Lipinski definition) is 1. The van der Waals surface area contributed by atoms with Gasteiger partial charge in [0.15, 0.2) is 0 Å². The van der Waals surface area contributed by atoms with Crippen LogP contribution in [0.1, 0.15) is 95.9 Å². The molecule has 1 aliphatic carbocycles. The number of benzene rings is 1. The Morgan fingerprint density at radius 1 is 1.12 bits per heavy atom. The number of hydrogen-bond acceptors (Lipinski definition) is 7. The van der Waals surface area contributed by atoms with Gasteiger partial charge in [0.1, 0.15) is 0 Å². The van der Waals surface area contributed by atoms with Gasteiger partial charge >= 0.3 is 11.8 Å². The number of anilines is 1. The maximum Gasteiger partial charge on any atom is 0.432 e. The van der Waals surface area contributed by atoms with Crippen LogP contribution in [0, 0.1) is 0 Å². The van der Waals surface area contributed by atoms with Gasteiger partial charge in [0.25, 0.3) is 0 Å². The summed E-state index contributed by atoms with van der Waals surface area (Å²) in [6, 6.07) is 5.97. The smallest absolute Gasteiger partial charge is 0.432 e. The number of aryl methyl sites for hydroxylation is 1. The molecule has 0 bridgehead atoms. The Hall–Kier alpha value is -2.65. The van der Waals surface area contributed by atoms with E-state index in [0.29, 0.717) is 11.3 Å². The van der Waals surface area contributed by atoms with Gasteiger partial charge in [0.05, 0.1) is 12.1 Å². The molecule has 8 nitrogen and oxygen atoms in total. The summed E-state index contributed by atoms with van der Waals surface area (Å²) in [5.74, 6) is 0. The van der Waals surface area contributed by atoms with Crippen molar-refractivity contribution < 1.29 is 9.53 Å². The van der Waals surface area contributed by atoms with Crippen LogP contribution in [0.5, 0.6) is 0 Å². The number of aromatic nitrogens is 3. The Kier molecular flexibility index (Phi) is 11.2. The summed E-state index contributed by atoms with van der Waals surface area (Å²) in [5, 5.41) is 5.67. The lowest BCUT2D eigenvalue weighted by molar-refractivity contribution is 0.155. The average Bonchev–Trinajstić information content (AvgIpc) is 3.27. The van der Waals surface area contributed by atoms with Gasteiger partial charge in [-0.15, -0.1) is 3.96 Å². The minimum absolute atomic E-state index is 0.0751. The first kappa shape index (κ1) is 30.3. The molecule has 40 heavy (non-hydrogen) atoms. The molecular formula is C30H42ClN5O3S. The molecule has 1 aromatic carbocycles. The van der Waals surface area contributed by atoms with Crippen molar-refractivity contribution in [2.75, 3.05) is 25.0 Å². The van der Waals surface area contributed by atoms with E-state index in [1.54, 1.807) is 11.5 Å². The van der Waals surface area contributed by atoms with Gasteiger partial charge in [-0.1, -0.05) is 43.7 Å². The highest BCUT2D eigenvalue weighted by Gasteiger charge is 2.19. The Bertz CT molecular complexity index is 1430. The number of ether oxygens (including phenoxy) is 1. The number of pyridine rings is 1. The predicted octanol–water partition coefficient (Wildman–Crippen LogP) is 7.12. The minimum Gasteiger partial charge on any atom is -0.449 e. The van der Waals surface area contributed by atoms with Crippen LogP contribution in [0.3, 0.4) is 0 Å². The topological polar surface area (TPSA) is 90.5 Å². The first-order valence-electron chi connectivity index (χ1n) is 14.8. The lowest BCUT2D eigenvalue weighted by Crippen LogP contribution is -2.33. The molecule has 1 N–H and O–H groups in total. The van der Waals surface area contributed by atoms with Gasteiger partial charge in [-0.25, -0.2) is 9.59 Å². The van der Waals surface area contributed by atoms with Gasteiger partial charge < -0.3 is 10.1 Å². The molecule has 0 amide bonds. The number of nitrogens with one attached hydrogen (secondary N) is 1. The number of carbonyl (C=O) groups excluding carboxylic acids is 1. The lowest BCUT2D eigenvalue weighted by atomic mass is 9.92. The molecule has 0 aliphatic heterocycles. The second kappa shape index (κ2) is 14.8. The molecule has 0 saturated carbocycles. The second-order valence-electron chi connectivity index (χ2n) is 10.7. The molecule has 0 atom stereocenters. The van der Waals surface area contributed by atoms with Crippen molar-refractivity contribution in [3.63, 3.8) is 0 Å². The van der Waals surface area contributed by atoms with E-state index >= 15 is 0 Å². The molecule has 2 heterocycles. The van der Waals surface area contributed by atoms with Crippen LogP contribution in [0.15, 0.2) is 28.0 Å². The highest BCUT2D eigenvalue weighted by atomic mass is 35.5. The van der Waals surface area contributed by atoms with Crippen LogP contribution in [0.4, 0.5) is 10.5 Å². The third-order valence-electron chi connectivity index (χ3n) is 7.32. The molecule has 0 unspecified atom stereocenters. The largest absolute Gasteiger partial charge is 0.449 e. The first-order chi connectivity index (χ1) is 19.4. The first-order valence-corrected chi connectivity index (χ1v) is 15.9. The maximum atomic E-state index is 12.6. The number of fused-ring (bicyclic) bond motifs is 2. The lowest BCUT2D eigenvalue weighted by Gasteiger charge is -2.22. The molecule has 2 aromatic heterocycles. The molecule has 1 aliphatic rings. The minimum atomic E-state index is -0.637. The van der Waals surface area contributed by atoms with Crippen molar-refractivity contribution in [1.82, 2.24) is 13.5 Å². The van der Waals surface area contributed by atoms with Crippen molar-refractivity contribution in [3.8, 4) is 0 Å². The SMILES string of the molecule is CCOC(=O)n1sc(=NCCCCCCCCCNc2c3c(nc4cc(Cl)ccc24)CCCC3)n(C(C)C)c1=O. The fraction of sp³-hybridized carbons (Fsp3) is 0.600. The summed E-state index contributed by atoms with van der Waals surface area (Å²) >= 11 is 7.31.